The lowest BCUT2D eigenvalue weighted by Gasteiger charge is -2.17. The number of benzene rings is 1. The normalized spacial score (nSPS) is 23.6. The predicted molar refractivity (Wildman–Crippen MR) is 62.1 cm³/mol. The Morgan fingerprint density at radius 2 is 2.35 bits per heavy atom. The molecular weight excluding hydrogens is 221 g/mol. The minimum absolute atomic E-state index is 0.00440. The molecule has 4 heteroatoms. The van der Waals surface area contributed by atoms with Gasteiger partial charge >= 0.3 is 5.97 Å². The van der Waals surface area contributed by atoms with Crippen molar-refractivity contribution in [2.45, 2.75) is 12.8 Å². The lowest BCUT2D eigenvalue weighted by Crippen LogP contribution is -2.24. The molecule has 0 amide bonds. The van der Waals surface area contributed by atoms with Gasteiger partial charge in [-0.2, -0.15) is 0 Å². The Hall–Kier alpha value is -1.42. The summed E-state index contributed by atoms with van der Waals surface area (Å²) in [5.74, 6) is -0.676. The molecular formula is C13H16FNO2. The van der Waals surface area contributed by atoms with Gasteiger partial charge in [0.1, 0.15) is 5.82 Å². The molecule has 1 aliphatic rings. The first kappa shape index (κ1) is 12.0. The van der Waals surface area contributed by atoms with Crippen LogP contribution in [0.25, 0.3) is 0 Å². The van der Waals surface area contributed by atoms with Crippen molar-refractivity contribution in [1.29, 1.82) is 0 Å². The molecule has 1 aromatic rings. The fourth-order valence-corrected chi connectivity index (χ4v) is 2.26. The summed E-state index contributed by atoms with van der Waals surface area (Å²) >= 11 is 0. The van der Waals surface area contributed by atoms with Gasteiger partial charge in [-0.05, 0) is 24.6 Å². The van der Waals surface area contributed by atoms with E-state index in [-0.39, 0.29) is 23.6 Å². The molecule has 0 bridgehead atoms. The van der Waals surface area contributed by atoms with Crippen LogP contribution < -0.4 is 5.32 Å². The summed E-state index contributed by atoms with van der Waals surface area (Å²) in [6.45, 7) is 3.45. The third-order valence-electron chi connectivity index (χ3n) is 3.08. The van der Waals surface area contributed by atoms with Crippen molar-refractivity contribution >= 4 is 5.97 Å². The molecule has 92 valence electrons. The standard InChI is InChI=1S/C13H16FNO2/c1-2-17-13(16)12-8-15-7-11(12)9-4-3-5-10(14)6-9/h3-6,11-12,15H,2,7-8H2,1H3. The molecule has 1 fully saturated rings. The second-order valence-corrected chi connectivity index (χ2v) is 4.18. The summed E-state index contributed by atoms with van der Waals surface area (Å²) in [4.78, 5) is 11.8. The minimum Gasteiger partial charge on any atom is -0.466 e. The zero-order valence-corrected chi connectivity index (χ0v) is 9.78. The molecule has 0 radical (unpaired) electrons. The number of esters is 1. The molecule has 17 heavy (non-hydrogen) atoms. The Labute approximate surface area is 100.0 Å². The molecule has 2 rings (SSSR count). The van der Waals surface area contributed by atoms with Crippen LogP contribution in [0, 0.1) is 11.7 Å². The highest BCUT2D eigenvalue weighted by Gasteiger charge is 2.35. The van der Waals surface area contributed by atoms with Gasteiger partial charge in [0.2, 0.25) is 0 Å². The number of halogens is 1. The summed E-state index contributed by atoms with van der Waals surface area (Å²) in [7, 11) is 0. The van der Waals surface area contributed by atoms with Crippen LogP contribution in [0.1, 0.15) is 18.4 Å². The van der Waals surface area contributed by atoms with Gasteiger partial charge in [-0.15, -0.1) is 0 Å². The number of hydrogen-bond donors (Lipinski definition) is 1. The van der Waals surface area contributed by atoms with E-state index in [1.807, 2.05) is 6.07 Å². The van der Waals surface area contributed by atoms with Crippen LogP contribution in [0.4, 0.5) is 4.39 Å². The maximum Gasteiger partial charge on any atom is 0.310 e. The number of carbonyl (C=O) groups is 1. The van der Waals surface area contributed by atoms with Gasteiger partial charge in [0.05, 0.1) is 12.5 Å². The zero-order valence-electron chi connectivity index (χ0n) is 9.78. The topological polar surface area (TPSA) is 38.3 Å². The number of ether oxygens (including phenoxy) is 1. The maximum atomic E-state index is 13.2. The first-order valence-electron chi connectivity index (χ1n) is 5.85. The summed E-state index contributed by atoms with van der Waals surface area (Å²) in [6, 6.07) is 6.42. The fraction of sp³-hybridized carbons (Fsp3) is 0.462. The Kier molecular flexibility index (Phi) is 3.74. The highest BCUT2D eigenvalue weighted by molar-refractivity contribution is 5.74. The molecule has 3 nitrogen and oxygen atoms in total. The SMILES string of the molecule is CCOC(=O)C1CNCC1c1cccc(F)c1. The molecule has 1 heterocycles. The van der Waals surface area contributed by atoms with Crippen molar-refractivity contribution in [1.82, 2.24) is 5.32 Å². The Morgan fingerprint density at radius 3 is 3.06 bits per heavy atom. The van der Waals surface area contributed by atoms with Crippen molar-refractivity contribution in [3.63, 3.8) is 0 Å². The van der Waals surface area contributed by atoms with Crippen molar-refractivity contribution in [3.05, 3.63) is 35.6 Å². The van der Waals surface area contributed by atoms with Crippen LogP contribution in [0.5, 0.6) is 0 Å². The second kappa shape index (κ2) is 5.27. The minimum atomic E-state index is -0.267. The van der Waals surface area contributed by atoms with Crippen LogP contribution in [0.2, 0.25) is 0 Å². The first-order valence-corrected chi connectivity index (χ1v) is 5.85. The summed E-state index contributed by atoms with van der Waals surface area (Å²) in [6.07, 6.45) is 0. The highest BCUT2D eigenvalue weighted by Crippen LogP contribution is 2.29. The third kappa shape index (κ3) is 2.64. The number of nitrogens with one attached hydrogen (secondary N) is 1. The van der Waals surface area contributed by atoms with E-state index in [1.54, 1.807) is 13.0 Å². The molecule has 1 aliphatic heterocycles. The summed E-state index contributed by atoms with van der Waals surface area (Å²) in [5, 5.41) is 3.16. The molecule has 1 aromatic carbocycles. The highest BCUT2D eigenvalue weighted by atomic mass is 19.1. The van der Waals surface area contributed by atoms with E-state index in [2.05, 4.69) is 5.32 Å². The van der Waals surface area contributed by atoms with E-state index >= 15 is 0 Å². The lowest BCUT2D eigenvalue weighted by molar-refractivity contribution is -0.147. The number of rotatable bonds is 3. The summed E-state index contributed by atoms with van der Waals surface area (Å²) in [5.41, 5.74) is 0.855. The van der Waals surface area contributed by atoms with Crippen LogP contribution >= 0.6 is 0 Å². The van der Waals surface area contributed by atoms with Crippen molar-refractivity contribution in [3.8, 4) is 0 Å². The third-order valence-corrected chi connectivity index (χ3v) is 3.08. The van der Waals surface area contributed by atoms with Gasteiger partial charge in [-0.25, -0.2) is 4.39 Å². The monoisotopic (exact) mass is 237 g/mol. The predicted octanol–water partition coefficient (Wildman–Crippen LogP) is 1.69. The average Bonchev–Trinajstić information content (AvgIpc) is 2.78. The Morgan fingerprint density at radius 1 is 1.53 bits per heavy atom. The zero-order chi connectivity index (χ0) is 12.3. The van der Waals surface area contributed by atoms with Crippen molar-refractivity contribution in [2.75, 3.05) is 19.7 Å². The van der Waals surface area contributed by atoms with E-state index in [9.17, 15) is 9.18 Å². The van der Waals surface area contributed by atoms with E-state index in [4.69, 9.17) is 4.74 Å². The second-order valence-electron chi connectivity index (χ2n) is 4.18. The van der Waals surface area contributed by atoms with Crippen molar-refractivity contribution in [2.24, 2.45) is 5.92 Å². The van der Waals surface area contributed by atoms with E-state index in [0.29, 0.717) is 19.7 Å². The molecule has 0 aliphatic carbocycles. The average molecular weight is 237 g/mol. The molecule has 0 spiro atoms. The summed E-state index contributed by atoms with van der Waals surface area (Å²) < 4.78 is 18.2. The molecule has 0 aromatic heterocycles. The fourth-order valence-electron chi connectivity index (χ4n) is 2.26. The van der Waals surface area contributed by atoms with Crippen LogP contribution in [-0.2, 0) is 9.53 Å². The largest absolute Gasteiger partial charge is 0.466 e. The van der Waals surface area contributed by atoms with Crippen LogP contribution in [0.15, 0.2) is 24.3 Å². The quantitative estimate of drug-likeness (QED) is 0.813. The van der Waals surface area contributed by atoms with E-state index < -0.39 is 0 Å². The van der Waals surface area contributed by atoms with Crippen LogP contribution in [0.3, 0.4) is 0 Å². The smallest absolute Gasteiger partial charge is 0.310 e. The van der Waals surface area contributed by atoms with Crippen molar-refractivity contribution < 1.29 is 13.9 Å². The molecule has 2 unspecified atom stereocenters. The molecule has 0 saturated carbocycles. The lowest BCUT2D eigenvalue weighted by atomic mass is 9.89. The van der Waals surface area contributed by atoms with Gasteiger partial charge in [0.15, 0.2) is 0 Å². The first-order chi connectivity index (χ1) is 8.22. The number of carbonyl (C=O) groups excluding carboxylic acids is 1. The van der Waals surface area contributed by atoms with Gasteiger partial charge in [-0.1, -0.05) is 12.1 Å². The maximum absolute atomic E-state index is 13.2. The van der Waals surface area contributed by atoms with E-state index in [0.717, 1.165) is 5.56 Å². The van der Waals surface area contributed by atoms with Gasteiger partial charge in [0.25, 0.3) is 0 Å². The van der Waals surface area contributed by atoms with Gasteiger partial charge < -0.3 is 10.1 Å². The van der Waals surface area contributed by atoms with E-state index in [1.165, 1.54) is 12.1 Å². The van der Waals surface area contributed by atoms with Gasteiger partial charge in [-0.3, -0.25) is 4.79 Å². The van der Waals surface area contributed by atoms with Crippen LogP contribution in [-0.4, -0.2) is 25.7 Å². The van der Waals surface area contributed by atoms with Gasteiger partial charge in [0, 0.05) is 19.0 Å². The molecule has 2 atom stereocenters. The molecule has 1 N–H and O–H groups in total. The Balaban J connectivity index is 2.17. The molecule has 1 saturated heterocycles. The number of hydrogen-bond acceptors (Lipinski definition) is 3. The Bertz CT molecular complexity index is 408.